The molecule has 0 bridgehead atoms. The van der Waals surface area contributed by atoms with Crippen LogP contribution in [0.1, 0.15) is 54.9 Å². The number of aryl methyl sites for hydroxylation is 1. The van der Waals surface area contributed by atoms with Gasteiger partial charge in [0.05, 0.1) is 0 Å². The second-order valence-corrected chi connectivity index (χ2v) is 5.57. The van der Waals surface area contributed by atoms with Gasteiger partial charge in [-0.05, 0) is 31.0 Å². The van der Waals surface area contributed by atoms with E-state index in [9.17, 15) is 4.79 Å². The highest BCUT2D eigenvalue weighted by molar-refractivity contribution is 5.95. The van der Waals surface area contributed by atoms with Gasteiger partial charge in [0, 0.05) is 31.9 Å². The Bertz CT molecular complexity index is 427. The molecule has 0 aliphatic heterocycles. The van der Waals surface area contributed by atoms with E-state index in [4.69, 9.17) is 0 Å². The molecular weight excluding hydrogens is 248 g/mol. The highest BCUT2D eigenvalue weighted by atomic mass is 16.2. The molecule has 1 rings (SSSR count). The predicted molar refractivity (Wildman–Crippen MR) is 86.4 cm³/mol. The highest BCUT2D eigenvalue weighted by Crippen LogP contribution is 2.18. The molecule has 1 aromatic carbocycles. The van der Waals surface area contributed by atoms with Gasteiger partial charge in [-0.25, -0.2) is 0 Å². The van der Waals surface area contributed by atoms with Crippen molar-refractivity contribution in [1.82, 2.24) is 4.90 Å². The van der Waals surface area contributed by atoms with Gasteiger partial charge in [0.1, 0.15) is 0 Å². The summed E-state index contributed by atoms with van der Waals surface area (Å²) < 4.78 is 0. The molecule has 0 spiro atoms. The molecule has 3 heteroatoms. The highest BCUT2D eigenvalue weighted by Gasteiger charge is 2.09. The van der Waals surface area contributed by atoms with Gasteiger partial charge in [0.2, 0.25) is 0 Å². The first-order chi connectivity index (χ1) is 9.56. The number of nitrogens with zero attached hydrogens (tertiary/aromatic N) is 1. The summed E-state index contributed by atoms with van der Waals surface area (Å²) in [5.74, 6) is 0.0518. The van der Waals surface area contributed by atoms with Crippen LogP contribution in [0.25, 0.3) is 0 Å². The van der Waals surface area contributed by atoms with E-state index in [1.807, 2.05) is 18.2 Å². The molecule has 0 heterocycles. The number of hydrogen-bond acceptors (Lipinski definition) is 2. The molecule has 112 valence electrons. The molecule has 0 aliphatic rings. The Morgan fingerprint density at radius 2 is 1.85 bits per heavy atom. The SMILES string of the molecule is CCCCCCCNc1cc(C(=O)N(C)C)ccc1C. The van der Waals surface area contributed by atoms with Crippen LogP contribution in [0.3, 0.4) is 0 Å². The Labute approximate surface area is 123 Å². The molecule has 0 aromatic heterocycles. The number of carbonyl (C=O) groups is 1. The Morgan fingerprint density at radius 3 is 2.50 bits per heavy atom. The Morgan fingerprint density at radius 1 is 1.15 bits per heavy atom. The Balaban J connectivity index is 2.52. The zero-order valence-corrected chi connectivity index (χ0v) is 13.3. The second-order valence-electron chi connectivity index (χ2n) is 5.57. The topological polar surface area (TPSA) is 32.3 Å². The predicted octanol–water partition coefficient (Wildman–Crippen LogP) is 4.08. The second kappa shape index (κ2) is 8.62. The summed E-state index contributed by atoms with van der Waals surface area (Å²) in [7, 11) is 3.56. The summed E-state index contributed by atoms with van der Waals surface area (Å²) in [6, 6.07) is 5.87. The Kier molecular flexibility index (Phi) is 7.13. The average Bonchev–Trinajstić information content (AvgIpc) is 2.43. The van der Waals surface area contributed by atoms with Crippen molar-refractivity contribution in [3.8, 4) is 0 Å². The summed E-state index contributed by atoms with van der Waals surface area (Å²) in [6.07, 6.45) is 6.38. The van der Waals surface area contributed by atoms with Crippen molar-refractivity contribution in [3.63, 3.8) is 0 Å². The minimum Gasteiger partial charge on any atom is -0.385 e. The minimum atomic E-state index is 0.0518. The first-order valence-corrected chi connectivity index (χ1v) is 7.62. The molecule has 3 nitrogen and oxygen atoms in total. The van der Waals surface area contributed by atoms with Gasteiger partial charge < -0.3 is 10.2 Å². The van der Waals surface area contributed by atoms with Gasteiger partial charge in [0.15, 0.2) is 0 Å². The van der Waals surface area contributed by atoms with Crippen LogP contribution in [0.4, 0.5) is 5.69 Å². The quantitative estimate of drug-likeness (QED) is 0.726. The lowest BCUT2D eigenvalue weighted by Gasteiger charge is -2.14. The number of unbranched alkanes of at least 4 members (excludes halogenated alkanes) is 4. The lowest BCUT2D eigenvalue weighted by molar-refractivity contribution is 0.0827. The molecule has 20 heavy (non-hydrogen) atoms. The fraction of sp³-hybridized carbons (Fsp3) is 0.588. The first-order valence-electron chi connectivity index (χ1n) is 7.62. The summed E-state index contributed by atoms with van der Waals surface area (Å²) in [5, 5.41) is 3.45. The van der Waals surface area contributed by atoms with Crippen LogP contribution in [0.5, 0.6) is 0 Å². The zero-order chi connectivity index (χ0) is 15.0. The van der Waals surface area contributed by atoms with Crippen LogP contribution in [0.2, 0.25) is 0 Å². The van der Waals surface area contributed by atoms with Crippen molar-refractivity contribution in [2.24, 2.45) is 0 Å². The molecule has 0 radical (unpaired) electrons. The summed E-state index contributed by atoms with van der Waals surface area (Å²) in [5.41, 5.74) is 3.01. The van der Waals surface area contributed by atoms with Gasteiger partial charge in [-0.15, -0.1) is 0 Å². The molecular formula is C17H28N2O. The van der Waals surface area contributed by atoms with E-state index >= 15 is 0 Å². The lowest BCUT2D eigenvalue weighted by atomic mass is 10.1. The number of hydrogen-bond donors (Lipinski definition) is 1. The number of anilines is 1. The number of nitrogens with one attached hydrogen (secondary N) is 1. The molecule has 1 aromatic rings. The third-order valence-corrected chi connectivity index (χ3v) is 3.49. The van der Waals surface area contributed by atoms with Gasteiger partial charge in [-0.2, -0.15) is 0 Å². The number of carbonyl (C=O) groups excluding carboxylic acids is 1. The maximum absolute atomic E-state index is 12.0. The Hall–Kier alpha value is -1.51. The van der Waals surface area contributed by atoms with E-state index in [1.54, 1.807) is 19.0 Å². The molecule has 1 N–H and O–H groups in total. The van der Waals surface area contributed by atoms with Crippen LogP contribution in [-0.4, -0.2) is 31.4 Å². The third kappa shape index (κ3) is 5.24. The van der Waals surface area contributed by atoms with E-state index in [1.165, 1.54) is 37.7 Å². The van der Waals surface area contributed by atoms with E-state index in [2.05, 4.69) is 19.2 Å². The standard InChI is InChI=1S/C17H28N2O/c1-5-6-7-8-9-12-18-16-13-15(11-10-14(16)2)17(20)19(3)4/h10-11,13,18H,5-9,12H2,1-4H3. The van der Waals surface area contributed by atoms with Crippen LogP contribution in [0, 0.1) is 6.92 Å². The van der Waals surface area contributed by atoms with Crippen LogP contribution in [0.15, 0.2) is 18.2 Å². The van der Waals surface area contributed by atoms with Crippen molar-refractivity contribution in [3.05, 3.63) is 29.3 Å². The molecule has 0 atom stereocenters. The normalized spacial score (nSPS) is 10.4. The van der Waals surface area contributed by atoms with Crippen LogP contribution < -0.4 is 5.32 Å². The maximum atomic E-state index is 12.0. The van der Waals surface area contributed by atoms with E-state index in [0.29, 0.717) is 0 Å². The van der Waals surface area contributed by atoms with Gasteiger partial charge in [-0.1, -0.05) is 38.7 Å². The van der Waals surface area contributed by atoms with E-state index in [-0.39, 0.29) is 5.91 Å². The minimum absolute atomic E-state index is 0.0518. The third-order valence-electron chi connectivity index (χ3n) is 3.49. The average molecular weight is 276 g/mol. The number of benzene rings is 1. The molecule has 0 fully saturated rings. The number of rotatable bonds is 8. The number of amides is 1. The van der Waals surface area contributed by atoms with Crippen LogP contribution >= 0.6 is 0 Å². The molecule has 0 saturated carbocycles. The zero-order valence-electron chi connectivity index (χ0n) is 13.3. The van der Waals surface area contributed by atoms with E-state index < -0.39 is 0 Å². The first kappa shape index (κ1) is 16.5. The largest absolute Gasteiger partial charge is 0.385 e. The van der Waals surface area contributed by atoms with Gasteiger partial charge in [0.25, 0.3) is 5.91 Å². The van der Waals surface area contributed by atoms with Crippen LogP contribution in [-0.2, 0) is 0 Å². The molecule has 1 amide bonds. The van der Waals surface area contributed by atoms with Crippen molar-refractivity contribution >= 4 is 11.6 Å². The van der Waals surface area contributed by atoms with Crippen molar-refractivity contribution < 1.29 is 4.79 Å². The summed E-state index contributed by atoms with van der Waals surface area (Å²) in [6.45, 7) is 5.28. The van der Waals surface area contributed by atoms with Crippen molar-refractivity contribution in [1.29, 1.82) is 0 Å². The summed E-state index contributed by atoms with van der Waals surface area (Å²) in [4.78, 5) is 13.6. The van der Waals surface area contributed by atoms with E-state index in [0.717, 1.165) is 17.8 Å². The summed E-state index contributed by atoms with van der Waals surface area (Å²) >= 11 is 0. The van der Waals surface area contributed by atoms with Crippen molar-refractivity contribution in [2.75, 3.05) is 26.0 Å². The smallest absolute Gasteiger partial charge is 0.253 e. The maximum Gasteiger partial charge on any atom is 0.253 e. The fourth-order valence-electron chi connectivity index (χ4n) is 2.16. The van der Waals surface area contributed by atoms with Gasteiger partial charge in [-0.3, -0.25) is 4.79 Å². The molecule has 0 unspecified atom stereocenters. The monoisotopic (exact) mass is 276 g/mol. The molecule has 0 aliphatic carbocycles. The van der Waals surface area contributed by atoms with Gasteiger partial charge >= 0.3 is 0 Å². The fourth-order valence-corrected chi connectivity index (χ4v) is 2.16. The lowest BCUT2D eigenvalue weighted by Crippen LogP contribution is -2.21. The molecule has 0 saturated heterocycles. The van der Waals surface area contributed by atoms with Crippen molar-refractivity contribution in [2.45, 2.75) is 46.0 Å².